The summed E-state index contributed by atoms with van der Waals surface area (Å²) in [5, 5.41) is 2.54. The molecule has 1 aromatic rings. The molecule has 0 unspecified atom stereocenters. The molecule has 1 N–H and O–H groups in total. The zero-order valence-corrected chi connectivity index (χ0v) is 8.50. The van der Waals surface area contributed by atoms with Gasteiger partial charge in [-0.25, -0.2) is 4.79 Å². The third-order valence-electron chi connectivity index (χ3n) is 1.25. The minimum Gasteiger partial charge on any atom is -0.444 e. The number of hydrogen-bond donors (Lipinski definition) is 1. The summed E-state index contributed by atoms with van der Waals surface area (Å²) in [6.45, 7) is 5.42. The maximum Gasteiger partial charge on any atom is 0.412 e. The van der Waals surface area contributed by atoms with Crippen LogP contribution in [0.5, 0.6) is 0 Å². The second-order valence-corrected chi connectivity index (χ2v) is 3.80. The number of pyridine rings is 1. The first-order valence-electron chi connectivity index (χ1n) is 4.28. The molecular weight excluding hydrogens is 180 g/mol. The number of amides is 1. The maximum atomic E-state index is 11.3. The van der Waals surface area contributed by atoms with Crippen LogP contribution in [0.15, 0.2) is 18.5 Å². The van der Waals surface area contributed by atoms with Crippen molar-refractivity contribution in [1.82, 2.24) is 4.98 Å². The monoisotopic (exact) mass is 193 g/mol. The van der Waals surface area contributed by atoms with Crippen LogP contribution >= 0.6 is 0 Å². The Morgan fingerprint density at radius 1 is 1.57 bits per heavy atom. The second-order valence-electron chi connectivity index (χ2n) is 3.80. The molecule has 1 radical (unpaired) electrons. The molecule has 0 fully saturated rings. The van der Waals surface area contributed by atoms with E-state index in [0.29, 0.717) is 5.69 Å². The Kier molecular flexibility index (Phi) is 3.06. The highest BCUT2D eigenvalue weighted by Gasteiger charge is 2.15. The van der Waals surface area contributed by atoms with Crippen LogP contribution < -0.4 is 5.32 Å². The van der Waals surface area contributed by atoms with Crippen LogP contribution in [0.3, 0.4) is 0 Å². The van der Waals surface area contributed by atoms with Gasteiger partial charge in [-0.2, -0.15) is 0 Å². The van der Waals surface area contributed by atoms with Crippen molar-refractivity contribution in [3.05, 3.63) is 24.5 Å². The molecular formula is C10H13N2O2. The predicted molar refractivity (Wildman–Crippen MR) is 52.9 cm³/mol. The van der Waals surface area contributed by atoms with Gasteiger partial charge < -0.3 is 4.74 Å². The molecule has 0 aliphatic heterocycles. The fourth-order valence-corrected chi connectivity index (χ4v) is 0.815. The Morgan fingerprint density at radius 2 is 2.29 bits per heavy atom. The van der Waals surface area contributed by atoms with E-state index in [2.05, 4.69) is 16.4 Å². The number of ether oxygens (including phenoxy) is 1. The van der Waals surface area contributed by atoms with E-state index >= 15 is 0 Å². The SMILES string of the molecule is CC(C)(C)OC(=O)Nc1c[c]cnc1. The van der Waals surface area contributed by atoms with Crippen LogP contribution in [-0.2, 0) is 4.74 Å². The summed E-state index contributed by atoms with van der Waals surface area (Å²) >= 11 is 0. The van der Waals surface area contributed by atoms with Crippen molar-refractivity contribution < 1.29 is 9.53 Å². The van der Waals surface area contributed by atoms with Gasteiger partial charge in [0.1, 0.15) is 5.60 Å². The highest BCUT2D eigenvalue weighted by atomic mass is 16.6. The average Bonchev–Trinajstić information content (AvgIpc) is 2.02. The van der Waals surface area contributed by atoms with E-state index in [-0.39, 0.29) is 0 Å². The number of anilines is 1. The average molecular weight is 193 g/mol. The minimum atomic E-state index is -0.490. The number of carbonyl (C=O) groups excluding carboxylic acids is 1. The summed E-state index contributed by atoms with van der Waals surface area (Å²) in [4.78, 5) is 15.1. The van der Waals surface area contributed by atoms with Gasteiger partial charge in [0.05, 0.1) is 11.9 Å². The minimum absolute atomic E-state index is 0.487. The van der Waals surface area contributed by atoms with Crippen molar-refractivity contribution in [3.8, 4) is 0 Å². The van der Waals surface area contributed by atoms with E-state index < -0.39 is 11.7 Å². The Bertz CT molecular complexity index is 304. The zero-order valence-electron chi connectivity index (χ0n) is 8.50. The molecule has 0 aliphatic carbocycles. The van der Waals surface area contributed by atoms with E-state index in [1.165, 1.54) is 12.4 Å². The number of carbonyl (C=O) groups is 1. The molecule has 0 saturated carbocycles. The lowest BCUT2D eigenvalue weighted by Crippen LogP contribution is -2.27. The van der Waals surface area contributed by atoms with Gasteiger partial charge in [-0.05, 0) is 26.8 Å². The van der Waals surface area contributed by atoms with Gasteiger partial charge in [0.25, 0.3) is 0 Å². The van der Waals surface area contributed by atoms with Gasteiger partial charge >= 0.3 is 6.09 Å². The summed E-state index contributed by atoms with van der Waals surface area (Å²) in [7, 11) is 0. The molecule has 75 valence electrons. The summed E-state index contributed by atoms with van der Waals surface area (Å²) in [6, 6.07) is 4.37. The van der Waals surface area contributed by atoms with Crippen LogP contribution in [0, 0.1) is 6.07 Å². The van der Waals surface area contributed by atoms with Crippen LogP contribution in [0.25, 0.3) is 0 Å². The molecule has 4 heteroatoms. The van der Waals surface area contributed by atoms with Gasteiger partial charge in [0.2, 0.25) is 0 Å². The van der Waals surface area contributed by atoms with Gasteiger partial charge in [-0.15, -0.1) is 0 Å². The molecule has 14 heavy (non-hydrogen) atoms. The first-order valence-corrected chi connectivity index (χ1v) is 4.28. The van der Waals surface area contributed by atoms with Gasteiger partial charge in [-0.1, -0.05) is 0 Å². The van der Waals surface area contributed by atoms with E-state index in [1.807, 2.05) is 20.8 Å². The molecule has 1 aromatic heterocycles. The Balaban J connectivity index is 2.50. The zero-order chi connectivity index (χ0) is 10.6. The topological polar surface area (TPSA) is 51.2 Å². The summed E-state index contributed by atoms with van der Waals surface area (Å²) in [5.74, 6) is 0. The smallest absolute Gasteiger partial charge is 0.412 e. The van der Waals surface area contributed by atoms with Crippen molar-refractivity contribution in [3.63, 3.8) is 0 Å². The number of hydrogen-bond acceptors (Lipinski definition) is 3. The highest BCUT2D eigenvalue weighted by Crippen LogP contribution is 2.09. The molecule has 1 rings (SSSR count). The quantitative estimate of drug-likeness (QED) is 0.744. The second kappa shape index (κ2) is 4.09. The summed E-state index contributed by atoms with van der Waals surface area (Å²) < 4.78 is 5.05. The van der Waals surface area contributed by atoms with Crippen LogP contribution in [0.4, 0.5) is 10.5 Å². The largest absolute Gasteiger partial charge is 0.444 e. The number of rotatable bonds is 1. The molecule has 0 aliphatic rings. The molecule has 0 bridgehead atoms. The van der Waals surface area contributed by atoms with Crippen molar-refractivity contribution in [1.29, 1.82) is 0 Å². The maximum absolute atomic E-state index is 11.3. The van der Waals surface area contributed by atoms with Crippen molar-refractivity contribution in [2.75, 3.05) is 5.32 Å². The van der Waals surface area contributed by atoms with Crippen LogP contribution in [-0.4, -0.2) is 16.7 Å². The first-order chi connectivity index (χ1) is 6.47. The molecule has 4 nitrogen and oxygen atoms in total. The normalized spacial score (nSPS) is 10.8. The Labute approximate surface area is 83.3 Å². The van der Waals surface area contributed by atoms with Crippen molar-refractivity contribution in [2.24, 2.45) is 0 Å². The first kappa shape index (κ1) is 10.5. The van der Waals surface area contributed by atoms with Gasteiger partial charge in [-0.3, -0.25) is 10.3 Å². The van der Waals surface area contributed by atoms with Crippen molar-refractivity contribution >= 4 is 11.8 Å². The molecule has 0 spiro atoms. The van der Waals surface area contributed by atoms with E-state index in [4.69, 9.17) is 4.74 Å². The van der Waals surface area contributed by atoms with Crippen molar-refractivity contribution in [2.45, 2.75) is 26.4 Å². The highest BCUT2D eigenvalue weighted by molar-refractivity contribution is 5.84. The summed E-state index contributed by atoms with van der Waals surface area (Å²) in [6.07, 6.45) is 2.56. The predicted octanol–water partition coefficient (Wildman–Crippen LogP) is 2.23. The van der Waals surface area contributed by atoms with Crippen LogP contribution in [0.1, 0.15) is 20.8 Å². The Hall–Kier alpha value is -1.58. The molecule has 0 atom stereocenters. The lowest BCUT2D eigenvalue weighted by atomic mass is 10.2. The third kappa shape index (κ3) is 3.89. The number of aromatic nitrogens is 1. The molecule has 0 saturated heterocycles. The van der Waals surface area contributed by atoms with Crippen LogP contribution in [0.2, 0.25) is 0 Å². The lowest BCUT2D eigenvalue weighted by Gasteiger charge is -2.19. The number of nitrogens with zero attached hydrogens (tertiary/aromatic N) is 1. The molecule has 1 amide bonds. The van der Waals surface area contributed by atoms with E-state index in [0.717, 1.165) is 0 Å². The fraction of sp³-hybridized carbons (Fsp3) is 0.400. The fourth-order valence-electron chi connectivity index (χ4n) is 0.815. The number of nitrogens with one attached hydrogen (secondary N) is 1. The van der Waals surface area contributed by atoms with Gasteiger partial charge in [0.15, 0.2) is 0 Å². The molecule has 1 heterocycles. The molecule has 0 aromatic carbocycles. The lowest BCUT2D eigenvalue weighted by molar-refractivity contribution is 0.0636. The van der Waals surface area contributed by atoms with Gasteiger partial charge in [0, 0.05) is 12.3 Å². The Morgan fingerprint density at radius 3 is 2.79 bits per heavy atom. The van der Waals surface area contributed by atoms with E-state index in [1.54, 1.807) is 6.07 Å². The standard InChI is InChI=1S/C10H13N2O2/c1-10(2,3)14-9(13)12-8-5-4-6-11-7-8/h5-7H,1-3H3,(H,12,13). The third-order valence-corrected chi connectivity index (χ3v) is 1.25. The summed E-state index contributed by atoms with van der Waals surface area (Å²) in [5.41, 5.74) is 0.0810. The van der Waals surface area contributed by atoms with E-state index in [9.17, 15) is 4.79 Å².